The lowest BCUT2D eigenvalue weighted by molar-refractivity contribution is -0.137. The van der Waals surface area contributed by atoms with Gasteiger partial charge in [-0.2, -0.15) is 13.2 Å². The molecule has 0 saturated carbocycles. The van der Waals surface area contributed by atoms with Gasteiger partial charge >= 0.3 is 12.1 Å². The van der Waals surface area contributed by atoms with Gasteiger partial charge in [0.2, 0.25) is 0 Å². The molecule has 1 N–H and O–H groups in total. The van der Waals surface area contributed by atoms with Crippen molar-refractivity contribution in [1.29, 1.82) is 0 Å². The van der Waals surface area contributed by atoms with Crippen LogP contribution in [0.4, 0.5) is 13.2 Å². The fourth-order valence-electron chi connectivity index (χ4n) is 2.20. The minimum absolute atomic E-state index is 0.535. The molecule has 0 radical (unpaired) electrons. The van der Waals surface area contributed by atoms with E-state index in [2.05, 4.69) is 0 Å². The lowest BCUT2D eigenvalue weighted by Gasteiger charge is -2.11. The number of rotatable bonds is 5. The number of methoxy groups -OCH3 is 1. The molecule has 0 atom stereocenters. The van der Waals surface area contributed by atoms with E-state index in [1.807, 2.05) is 0 Å². The fraction of sp³-hybridized carbons (Fsp3) is 0.105. The van der Waals surface area contributed by atoms with E-state index in [4.69, 9.17) is 9.84 Å². The Labute approximate surface area is 142 Å². The second-order valence-electron chi connectivity index (χ2n) is 5.08. The van der Waals surface area contributed by atoms with Crippen LogP contribution < -0.4 is 4.74 Å². The van der Waals surface area contributed by atoms with E-state index in [1.165, 1.54) is 25.3 Å². The molecule has 0 saturated heterocycles. The van der Waals surface area contributed by atoms with E-state index in [0.717, 1.165) is 23.8 Å². The van der Waals surface area contributed by atoms with Gasteiger partial charge in [-0.15, -0.1) is 0 Å². The Morgan fingerprint density at radius 1 is 1.00 bits per heavy atom. The van der Waals surface area contributed by atoms with Crippen LogP contribution in [-0.2, 0) is 11.0 Å². The van der Waals surface area contributed by atoms with Crippen LogP contribution in [0.15, 0.2) is 66.8 Å². The molecule has 0 amide bonds. The highest BCUT2D eigenvalue weighted by atomic mass is 19.4. The predicted octanol–water partition coefficient (Wildman–Crippen LogP) is 4.79. The summed E-state index contributed by atoms with van der Waals surface area (Å²) in [5.74, 6) is -0.477. The zero-order valence-electron chi connectivity index (χ0n) is 13.2. The van der Waals surface area contributed by atoms with Gasteiger partial charge in [-0.1, -0.05) is 36.4 Å². The van der Waals surface area contributed by atoms with Crippen LogP contribution in [0.5, 0.6) is 5.75 Å². The number of alkyl halides is 3. The first-order valence-electron chi connectivity index (χ1n) is 7.24. The number of hydrogen-bond donors (Lipinski definition) is 1. The van der Waals surface area contributed by atoms with Crippen molar-refractivity contribution in [2.75, 3.05) is 7.11 Å². The Hall–Kier alpha value is -3.02. The standard InChI is InChI=1S/C19H15F3O3/c1-25-16-11-7-14(8-12-16)17(3-2-4-18(23)24)13-5-9-15(10-6-13)19(20,21)22/h2-12H,1H3,(H,23,24). The van der Waals surface area contributed by atoms with Crippen molar-refractivity contribution in [2.24, 2.45) is 0 Å². The van der Waals surface area contributed by atoms with Crippen LogP contribution >= 0.6 is 0 Å². The first-order chi connectivity index (χ1) is 11.8. The summed E-state index contributed by atoms with van der Waals surface area (Å²) in [4.78, 5) is 10.6. The van der Waals surface area contributed by atoms with Gasteiger partial charge in [-0.3, -0.25) is 0 Å². The van der Waals surface area contributed by atoms with Crippen molar-refractivity contribution >= 4 is 11.5 Å². The van der Waals surface area contributed by atoms with Gasteiger partial charge in [0.1, 0.15) is 5.75 Å². The van der Waals surface area contributed by atoms with Crippen LogP contribution in [0.3, 0.4) is 0 Å². The van der Waals surface area contributed by atoms with Crippen LogP contribution in [0.2, 0.25) is 0 Å². The zero-order valence-corrected chi connectivity index (χ0v) is 13.2. The molecule has 25 heavy (non-hydrogen) atoms. The summed E-state index contributed by atoms with van der Waals surface area (Å²) in [6.07, 6.45) is -0.586. The molecule has 0 aliphatic carbocycles. The minimum atomic E-state index is -4.41. The predicted molar refractivity (Wildman–Crippen MR) is 88.3 cm³/mol. The topological polar surface area (TPSA) is 46.5 Å². The third-order valence-electron chi connectivity index (χ3n) is 3.43. The van der Waals surface area contributed by atoms with E-state index in [-0.39, 0.29) is 0 Å². The van der Waals surface area contributed by atoms with Gasteiger partial charge in [0, 0.05) is 6.08 Å². The maximum absolute atomic E-state index is 12.7. The first-order valence-corrected chi connectivity index (χ1v) is 7.24. The molecule has 2 rings (SSSR count). The van der Waals surface area contributed by atoms with Crippen molar-refractivity contribution in [1.82, 2.24) is 0 Å². The molecule has 3 nitrogen and oxygen atoms in total. The number of allylic oxidation sites excluding steroid dienone is 2. The van der Waals surface area contributed by atoms with Crippen LogP contribution in [-0.4, -0.2) is 18.2 Å². The summed E-state index contributed by atoms with van der Waals surface area (Å²) in [6.45, 7) is 0. The van der Waals surface area contributed by atoms with Gasteiger partial charge in [-0.05, 0) is 41.0 Å². The average molecular weight is 348 g/mol. The maximum Gasteiger partial charge on any atom is 0.416 e. The number of halogens is 3. The third kappa shape index (κ3) is 4.97. The zero-order chi connectivity index (χ0) is 18.4. The molecule has 2 aromatic carbocycles. The number of benzene rings is 2. The van der Waals surface area contributed by atoms with Gasteiger partial charge in [0.05, 0.1) is 12.7 Å². The lowest BCUT2D eigenvalue weighted by atomic mass is 9.96. The Balaban J connectivity index is 2.45. The molecule has 0 fully saturated rings. The Morgan fingerprint density at radius 3 is 1.96 bits per heavy atom. The summed E-state index contributed by atoms with van der Waals surface area (Å²) in [7, 11) is 1.53. The number of carboxylic acid groups (broad SMARTS) is 1. The molecule has 130 valence electrons. The summed E-state index contributed by atoms with van der Waals surface area (Å²) < 4.78 is 43.2. The molecule has 0 aliphatic rings. The molecule has 2 aromatic rings. The quantitative estimate of drug-likeness (QED) is 0.624. The molecule has 0 bridgehead atoms. The number of carboxylic acids is 1. The second kappa shape index (κ2) is 7.70. The molecule has 0 heterocycles. The summed E-state index contributed by atoms with van der Waals surface area (Å²) >= 11 is 0. The SMILES string of the molecule is COc1ccc(C(=CC=CC(=O)O)c2ccc(C(F)(F)F)cc2)cc1. The Bertz CT molecular complexity index is 786. The molecule has 0 spiro atoms. The van der Waals surface area contributed by atoms with E-state index < -0.39 is 17.7 Å². The highest BCUT2D eigenvalue weighted by Crippen LogP contribution is 2.31. The highest BCUT2D eigenvalue weighted by Gasteiger charge is 2.30. The number of carbonyl (C=O) groups is 1. The van der Waals surface area contributed by atoms with Crippen molar-refractivity contribution in [3.8, 4) is 5.75 Å². The minimum Gasteiger partial charge on any atom is -0.497 e. The maximum atomic E-state index is 12.7. The van der Waals surface area contributed by atoms with Gasteiger partial charge in [0.25, 0.3) is 0 Å². The molecular weight excluding hydrogens is 333 g/mol. The summed E-state index contributed by atoms with van der Waals surface area (Å²) in [6, 6.07) is 11.6. The van der Waals surface area contributed by atoms with Crippen molar-refractivity contribution in [3.63, 3.8) is 0 Å². The summed E-state index contributed by atoms with van der Waals surface area (Å²) in [5, 5.41) is 8.70. The molecular formula is C19H15F3O3. The number of aliphatic carboxylic acids is 1. The summed E-state index contributed by atoms with van der Waals surface area (Å²) in [5.41, 5.74) is 1.10. The van der Waals surface area contributed by atoms with Crippen molar-refractivity contribution in [2.45, 2.75) is 6.18 Å². The smallest absolute Gasteiger partial charge is 0.416 e. The van der Waals surface area contributed by atoms with Gasteiger partial charge in [0.15, 0.2) is 0 Å². The Morgan fingerprint density at radius 2 is 1.52 bits per heavy atom. The van der Waals surface area contributed by atoms with Crippen LogP contribution in [0.1, 0.15) is 16.7 Å². The second-order valence-corrected chi connectivity index (χ2v) is 5.08. The largest absolute Gasteiger partial charge is 0.497 e. The monoisotopic (exact) mass is 348 g/mol. The van der Waals surface area contributed by atoms with Crippen LogP contribution in [0.25, 0.3) is 5.57 Å². The fourth-order valence-corrected chi connectivity index (χ4v) is 2.20. The molecule has 0 aliphatic heterocycles. The molecule has 0 unspecified atom stereocenters. The normalized spacial score (nSPS) is 12.4. The van der Waals surface area contributed by atoms with Crippen molar-refractivity contribution < 1.29 is 27.8 Å². The van der Waals surface area contributed by atoms with Gasteiger partial charge < -0.3 is 9.84 Å². The Kier molecular flexibility index (Phi) is 5.64. The van der Waals surface area contributed by atoms with Gasteiger partial charge in [-0.25, -0.2) is 4.79 Å². The number of ether oxygens (including phenoxy) is 1. The average Bonchev–Trinajstić information content (AvgIpc) is 2.58. The van der Waals surface area contributed by atoms with Crippen molar-refractivity contribution in [3.05, 3.63) is 83.4 Å². The van der Waals surface area contributed by atoms with E-state index in [0.29, 0.717) is 16.9 Å². The lowest BCUT2D eigenvalue weighted by Crippen LogP contribution is -2.04. The molecule has 6 heteroatoms. The number of hydrogen-bond acceptors (Lipinski definition) is 2. The third-order valence-corrected chi connectivity index (χ3v) is 3.43. The van der Waals surface area contributed by atoms with E-state index in [1.54, 1.807) is 30.3 Å². The van der Waals surface area contributed by atoms with Crippen LogP contribution in [0, 0.1) is 0 Å². The highest BCUT2D eigenvalue weighted by molar-refractivity contribution is 5.84. The van der Waals surface area contributed by atoms with E-state index in [9.17, 15) is 18.0 Å². The van der Waals surface area contributed by atoms with E-state index >= 15 is 0 Å². The molecule has 0 aromatic heterocycles. The first kappa shape index (κ1) is 18.3.